The van der Waals surface area contributed by atoms with Gasteiger partial charge in [-0.1, -0.05) is 0 Å². The SMILES string of the molecule is CC(O)Cc1cnc(-c2ccc(Br)o2)o1. The standard InChI is InChI=1S/C10H10BrNO3/c1-6(13)4-7-5-12-10(14-7)8-2-3-9(11)15-8/h2-3,5-6,13H,4H2,1H3. The van der Waals surface area contributed by atoms with Gasteiger partial charge in [-0.25, -0.2) is 4.98 Å². The number of hydrogen-bond acceptors (Lipinski definition) is 4. The van der Waals surface area contributed by atoms with Crippen LogP contribution in [0.1, 0.15) is 12.7 Å². The average molecular weight is 272 g/mol. The van der Waals surface area contributed by atoms with Crippen LogP contribution in [-0.4, -0.2) is 16.2 Å². The van der Waals surface area contributed by atoms with Crippen molar-refractivity contribution in [2.75, 3.05) is 0 Å². The third-order valence-corrected chi connectivity index (χ3v) is 2.26. The highest BCUT2D eigenvalue weighted by atomic mass is 79.9. The molecule has 0 aliphatic heterocycles. The van der Waals surface area contributed by atoms with Crippen molar-refractivity contribution in [3.63, 3.8) is 0 Å². The van der Waals surface area contributed by atoms with E-state index in [4.69, 9.17) is 8.83 Å². The van der Waals surface area contributed by atoms with E-state index in [1.807, 2.05) is 0 Å². The summed E-state index contributed by atoms with van der Waals surface area (Å²) in [5.41, 5.74) is 0. The number of halogens is 1. The molecule has 1 atom stereocenters. The van der Waals surface area contributed by atoms with E-state index < -0.39 is 6.10 Å². The lowest BCUT2D eigenvalue weighted by Crippen LogP contribution is -2.02. The Bertz CT molecular complexity index is 447. The maximum atomic E-state index is 9.17. The number of furan rings is 1. The molecule has 0 saturated heterocycles. The molecule has 2 heterocycles. The lowest BCUT2D eigenvalue weighted by Gasteiger charge is -1.97. The second kappa shape index (κ2) is 4.20. The fourth-order valence-electron chi connectivity index (χ4n) is 1.24. The van der Waals surface area contributed by atoms with Crippen LogP contribution in [-0.2, 0) is 6.42 Å². The number of nitrogens with zero attached hydrogens (tertiary/aromatic N) is 1. The zero-order valence-electron chi connectivity index (χ0n) is 8.11. The Labute approximate surface area is 95.1 Å². The highest BCUT2D eigenvalue weighted by Crippen LogP contribution is 2.24. The number of hydrogen-bond donors (Lipinski definition) is 1. The molecule has 0 spiro atoms. The molecular formula is C10H10BrNO3. The number of aliphatic hydroxyl groups excluding tert-OH is 1. The molecule has 2 aromatic rings. The molecule has 1 N–H and O–H groups in total. The lowest BCUT2D eigenvalue weighted by molar-refractivity contribution is 0.187. The number of aromatic nitrogens is 1. The molecule has 2 aromatic heterocycles. The number of aliphatic hydroxyl groups is 1. The second-order valence-corrected chi connectivity index (χ2v) is 4.07. The molecular weight excluding hydrogens is 262 g/mol. The fourth-order valence-corrected chi connectivity index (χ4v) is 1.54. The molecule has 5 heteroatoms. The van der Waals surface area contributed by atoms with Crippen LogP contribution < -0.4 is 0 Å². The lowest BCUT2D eigenvalue weighted by atomic mass is 10.2. The highest BCUT2D eigenvalue weighted by molar-refractivity contribution is 9.10. The van der Waals surface area contributed by atoms with Crippen molar-refractivity contribution in [1.29, 1.82) is 0 Å². The van der Waals surface area contributed by atoms with Gasteiger partial charge in [-0.2, -0.15) is 0 Å². The summed E-state index contributed by atoms with van der Waals surface area (Å²) >= 11 is 3.20. The van der Waals surface area contributed by atoms with Crippen LogP contribution in [0.5, 0.6) is 0 Å². The predicted octanol–water partition coefficient (Wildman–Crippen LogP) is 2.62. The summed E-state index contributed by atoms with van der Waals surface area (Å²) in [4.78, 5) is 4.06. The van der Waals surface area contributed by atoms with E-state index >= 15 is 0 Å². The molecule has 0 fully saturated rings. The van der Waals surface area contributed by atoms with Gasteiger partial charge >= 0.3 is 0 Å². The Balaban J connectivity index is 2.20. The molecule has 1 unspecified atom stereocenters. The van der Waals surface area contributed by atoms with Crippen LogP contribution in [0.3, 0.4) is 0 Å². The normalized spacial score (nSPS) is 13.0. The van der Waals surface area contributed by atoms with E-state index in [2.05, 4.69) is 20.9 Å². The monoisotopic (exact) mass is 271 g/mol. The van der Waals surface area contributed by atoms with Gasteiger partial charge < -0.3 is 13.9 Å². The van der Waals surface area contributed by atoms with Gasteiger partial charge in [0.2, 0.25) is 0 Å². The van der Waals surface area contributed by atoms with E-state index in [0.29, 0.717) is 28.5 Å². The van der Waals surface area contributed by atoms with Crippen LogP contribution in [0, 0.1) is 0 Å². The van der Waals surface area contributed by atoms with Gasteiger partial charge in [-0.3, -0.25) is 0 Å². The number of oxazole rings is 1. The summed E-state index contributed by atoms with van der Waals surface area (Å²) in [6.45, 7) is 1.70. The van der Waals surface area contributed by atoms with E-state index in [1.165, 1.54) is 0 Å². The third-order valence-electron chi connectivity index (χ3n) is 1.83. The molecule has 0 aliphatic carbocycles. The molecule has 80 valence electrons. The molecule has 0 aliphatic rings. The maximum Gasteiger partial charge on any atom is 0.263 e. The van der Waals surface area contributed by atoms with Gasteiger partial charge in [0.05, 0.1) is 12.3 Å². The van der Waals surface area contributed by atoms with Crippen LogP contribution in [0.15, 0.2) is 31.8 Å². The van der Waals surface area contributed by atoms with E-state index in [-0.39, 0.29) is 0 Å². The summed E-state index contributed by atoms with van der Waals surface area (Å²) in [5, 5.41) is 9.17. The first-order valence-electron chi connectivity index (χ1n) is 4.53. The van der Waals surface area contributed by atoms with Crippen molar-refractivity contribution in [3.8, 4) is 11.7 Å². The Morgan fingerprint density at radius 1 is 1.47 bits per heavy atom. The van der Waals surface area contributed by atoms with Crippen molar-refractivity contribution < 1.29 is 13.9 Å². The van der Waals surface area contributed by atoms with Gasteiger partial charge in [0.1, 0.15) is 5.76 Å². The summed E-state index contributed by atoms with van der Waals surface area (Å²) in [6.07, 6.45) is 1.61. The molecule has 0 radical (unpaired) electrons. The van der Waals surface area contributed by atoms with Gasteiger partial charge in [0.15, 0.2) is 10.4 Å². The quantitative estimate of drug-likeness (QED) is 0.933. The van der Waals surface area contributed by atoms with E-state index in [9.17, 15) is 5.11 Å². The second-order valence-electron chi connectivity index (χ2n) is 3.29. The zero-order chi connectivity index (χ0) is 10.8. The van der Waals surface area contributed by atoms with Crippen LogP contribution in [0.25, 0.3) is 11.7 Å². The van der Waals surface area contributed by atoms with E-state index in [0.717, 1.165) is 0 Å². The fraction of sp³-hybridized carbons (Fsp3) is 0.300. The Morgan fingerprint density at radius 3 is 2.87 bits per heavy atom. The minimum Gasteiger partial charge on any atom is -0.444 e. The first-order valence-corrected chi connectivity index (χ1v) is 5.33. The van der Waals surface area contributed by atoms with Gasteiger partial charge in [0, 0.05) is 6.42 Å². The van der Waals surface area contributed by atoms with Crippen molar-refractivity contribution >= 4 is 15.9 Å². The minimum atomic E-state index is -0.436. The maximum absolute atomic E-state index is 9.17. The van der Waals surface area contributed by atoms with Crippen molar-refractivity contribution in [3.05, 3.63) is 28.8 Å². The van der Waals surface area contributed by atoms with Gasteiger partial charge in [-0.05, 0) is 35.0 Å². The van der Waals surface area contributed by atoms with Gasteiger partial charge in [0.25, 0.3) is 5.89 Å². The van der Waals surface area contributed by atoms with E-state index in [1.54, 1.807) is 25.3 Å². The summed E-state index contributed by atoms with van der Waals surface area (Å²) < 4.78 is 11.3. The molecule has 0 saturated carbocycles. The van der Waals surface area contributed by atoms with Crippen LogP contribution in [0.4, 0.5) is 0 Å². The number of rotatable bonds is 3. The Hall–Kier alpha value is -1.07. The first kappa shape index (κ1) is 10.4. The van der Waals surface area contributed by atoms with Crippen molar-refractivity contribution in [2.24, 2.45) is 0 Å². The molecule has 0 amide bonds. The minimum absolute atomic E-state index is 0.427. The van der Waals surface area contributed by atoms with Crippen molar-refractivity contribution in [1.82, 2.24) is 4.98 Å². The largest absolute Gasteiger partial charge is 0.444 e. The molecule has 4 nitrogen and oxygen atoms in total. The summed E-state index contributed by atoms with van der Waals surface area (Å²) in [7, 11) is 0. The topological polar surface area (TPSA) is 59.4 Å². The summed E-state index contributed by atoms with van der Waals surface area (Å²) in [6, 6.07) is 3.54. The van der Waals surface area contributed by atoms with Crippen LogP contribution in [0.2, 0.25) is 0 Å². The Kier molecular flexibility index (Phi) is 2.93. The first-order chi connectivity index (χ1) is 7.15. The predicted molar refractivity (Wildman–Crippen MR) is 57.3 cm³/mol. The third kappa shape index (κ3) is 2.49. The molecule has 15 heavy (non-hydrogen) atoms. The zero-order valence-corrected chi connectivity index (χ0v) is 9.69. The summed E-state index contributed by atoms with van der Waals surface area (Å²) in [5.74, 6) is 1.64. The van der Waals surface area contributed by atoms with Crippen LogP contribution >= 0.6 is 15.9 Å². The Morgan fingerprint density at radius 2 is 2.27 bits per heavy atom. The molecule has 0 bridgehead atoms. The highest BCUT2D eigenvalue weighted by Gasteiger charge is 2.11. The molecule has 0 aromatic carbocycles. The molecule has 2 rings (SSSR count). The van der Waals surface area contributed by atoms with Crippen molar-refractivity contribution in [2.45, 2.75) is 19.4 Å². The smallest absolute Gasteiger partial charge is 0.263 e. The van der Waals surface area contributed by atoms with Gasteiger partial charge in [-0.15, -0.1) is 0 Å². The average Bonchev–Trinajstić information content (AvgIpc) is 2.72.